The van der Waals surface area contributed by atoms with Crippen LogP contribution in [0.3, 0.4) is 0 Å². The van der Waals surface area contributed by atoms with Crippen molar-refractivity contribution in [2.24, 2.45) is 5.50 Å². The van der Waals surface area contributed by atoms with Gasteiger partial charge >= 0.3 is 0 Å². The molecule has 1 nitrogen and oxygen atoms in total. The van der Waals surface area contributed by atoms with Crippen molar-refractivity contribution < 1.29 is 0 Å². The minimum atomic E-state index is 0.433. The van der Waals surface area contributed by atoms with Crippen molar-refractivity contribution in [3.05, 3.63) is 0 Å². The van der Waals surface area contributed by atoms with Crippen LogP contribution in [0.1, 0.15) is 0 Å². The van der Waals surface area contributed by atoms with E-state index in [0.717, 1.165) is 18.0 Å². The van der Waals surface area contributed by atoms with E-state index in [2.05, 4.69) is 0 Å². The molecule has 0 saturated carbocycles. The lowest BCUT2D eigenvalue weighted by molar-refractivity contribution is 1.96. The molecule has 0 aliphatic heterocycles. The van der Waals surface area contributed by atoms with Gasteiger partial charge in [-0.3, -0.25) is 0 Å². The van der Waals surface area contributed by atoms with Crippen LogP contribution in [0.5, 0.6) is 0 Å². The quantitative estimate of drug-likeness (QED) is 0.378. The largest absolute Gasteiger partial charge is 0.311 e. The highest BCUT2D eigenvalue weighted by Crippen LogP contribution is 1.94. The van der Waals surface area contributed by atoms with Gasteiger partial charge in [0.25, 0.3) is 0 Å². The molecule has 0 aliphatic carbocycles. The van der Waals surface area contributed by atoms with E-state index in [1.165, 1.54) is 0 Å². The summed E-state index contributed by atoms with van der Waals surface area (Å²) in [5.41, 5.74) is 5.80. The second-order valence-corrected chi connectivity index (χ2v) is 1.91. The van der Waals surface area contributed by atoms with Crippen LogP contribution in [-0.4, -0.2) is 6.62 Å². The zero-order chi connectivity index (χ0) is 4.12. The smallest absolute Gasteiger partial charge is 0.103 e. The number of nitrogens with two attached hydrogens (primary N) is 1. The molecule has 26 valence electrons. The first-order valence-electron chi connectivity index (χ1n) is 1.34. The lowest BCUT2D eigenvalue weighted by atomic mass is 11.9. The van der Waals surface area contributed by atoms with Crippen molar-refractivity contribution in [2.75, 3.05) is 5.49 Å². The second-order valence-electron chi connectivity index (χ2n) is 0.348. The van der Waals surface area contributed by atoms with Gasteiger partial charge in [0.15, 0.2) is 0 Å². The monoisotopic (exact) mass is 96.0 g/mol. The number of rotatable bonds is 2. The maximum Gasteiger partial charge on any atom is 0.103 e. The molecule has 0 aromatic rings. The van der Waals surface area contributed by atoms with Gasteiger partial charge in [-0.2, -0.15) is 12.5 Å². The highest BCUT2D eigenvalue weighted by atomic mass is 32.1. The number of hydrogen-bond donors (Lipinski definition) is 2. The third kappa shape index (κ3) is 2.74. The molecule has 0 fully saturated rings. The van der Waals surface area contributed by atoms with Crippen molar-refractivity contribution in [3.63, 3.8) is 0 Å². The van der Waals surface area contributed by atoms with Crippen LogP contribution < -0.4 is 5.50 Å². The van der Waals surface area contributed by atoms with Crippen LogP contribution in [0.2, 0.25) is 0 Å². The van der Waals surface area contributed by atoms with E-state index in [1.54, 1.807) is 0 Å². The van der Waals surface area contributed by atoms with E-state index < -0.39 is 0 Å². The van der Waals surface area contributed by atoms with Gasteiger partial charge < -0.3 is 5.50 Å². The molecule has 0 amide bonds. The maximum atomic E-state index is 6.45. The van der Waals surface area contributed by atoms with Crippen molar-refractivity contribution in [3.8, 4) is 0 Å². The Bertz CT molecular complexity index is 19.1. The van der Waals surface area contributed by atoms with Crippen LogP contribution in [0.4, 0.5) is 0 Å². The van der Waals surface area contributed by atoms with E-state index in [1.807, 2.05) is 0 Å². The van der Waals surface area contributed by atoms with Crippen molar-refractivity contribution >= 4 is 21.3 Å². The Labute approximate surface area is 34.3 Å². The highest BCUT2D eigenvalue weighted by molar-refractivity contribution is 7.86. The zero-order valence-electron chi connectivity index (χ0n) is 3.19. The highest BCUT2D eigenvalue weighted by Gasteiger charge is 1.55. The molecule has 1 unspecified atom stereocenters. The van der Waals surface area contributed by atoms with E-state index in [9.17, 15) is 0 Å². The standard InChI is InChI=1S/CH6NPS/c2-3-1-4/h3-4H,1-2H2/i/hD. The van der Waals surface area contributed by atoms with Gasteiger partial charge in [-0.15, -0.1) is 0 Å². The van der Waals surface area contributed by atoms with Crippen molar-refractivity contribution in [1.82, 2.24) is 0 Å². The average molecular weight is 96.1 g/mol. The number of thiol groups is 1. The molecule has 0 aromatic heterocycles. The summed E-state index contributed by atoms with van der Waals surface area (Å²) >= 11 is 1.04. The van der Waals surface area contributed by atoms with Crippen molar-refractivity contribution in [2.45, 2.75) is 0 Å². The van der Waals surface area contributed by atoms with Crippen LogP contribution in [0.25, 0.3) is 0 Å². The first kappa shape index (κ1) is 2.95. The summed E-state index contributed by atoms with van der Waals surface area (Å²) in [7, 11) is 0.433. The van der Waals surface area contributed by atoms with Crippen LogP contribution in [0.15, 0.2) is 0 Å². The molecule has 0 radical (unpaired) electrons. The molecule has 0 saturated heterocycles. The molecular weight excluding hydrogens is 89.1 g/mol. The predicted octanol–water partition coefficient (Wildman–Crippen LogP) is 0.426. The normalized spacial score (nSPS) is 13.8. The first-order chi connectivity index (χ1) is 2.41. The third-order valence-electron chi connectivity index (χ3n) is 0.0833. The minimum Gasteiger partial charge on any atom is -0.311 e. The molecule has 0 rings (SSSR count). The Kier molecular flexibility index (Phi) is 2.76. The molecule has 0 spiro atoms. The summed E-state index contributed by atoms with van der Waals surface area (Å²) in [4.78, 5) is 0. The minimum absolute atomic E-state index is 0.433. The van der Waals surface area contributed by atoms with Gasteiger partial charge in [0.05, 0.1) is 0 Å². The van der Waals surface area contributed by atoms with E-state index in [-0.39, 0.29) is 0 Å². The summed E-state index contributed by atoms with van der Waals surface area (Å²) in [6.45, 7) is 0. The SMILES string of the molecule is [2H]SCPN. The molecule has 0 aliphatic rings. The molecule has 3 heteroatoms. The molecule has 2 N–H and O–H groups in total. The van der Waals surface area contributed by atoms with Gasteiger partial charge in [0.2, 0.25) is 0 Å². The Hall–Kier alpha value is 0.740. The van der Waals surface area contributed by atoms with E-state index in [0.29, 0.717) is 8.73 Å². The van der Waals surface area contributed by atoms with Gasteiger partial charge in [0.1, 0.15) is 1.12 Å². The average Bonchev–Trinajstić information content (AvgIpc) is 1.41. The molecule has 4 heavy (non-hydrogen) atoms. The summed E-state index contributed by atoms with van der Waals surface area (Å²) in [5.74, 6) is 0. The topological polar surface area (TPSA) is 26.0 Å². The molecular formula is CH6NPS. The number of hydrogen-bond acceptors (Lipinski definition) is 2. The lowest BCUT2D eigenvalue weighted by Gasteiger charge is -1.70. The fourth-order valence-corrected chi connectivity index (χ4v) is 0. The molecule has 0 bridgehead atoms. The van der Waals surface area contributed by atoms with Crippen molar-refractivity contribution in [1.29, 1.82) is 1.12 Å². The van der Waals surface area contributed by atoms with Crippen LogP contribution in [-0.2, 0) is 0 Å². The van der Waals surface area contributed by atoms with Gasteiger partial charge in [-0.1, -0.05) is 0 Å². The van der Waals surface area contributed by atoms with Crippen LogP contribution >= 0.6 is 21.3 Å². The van der Waals surface area contributed by atoms with Gasteiger partial charge in [-0.25, -0.2) is 0 Å². The summed E-state index contributed by atoms with van der Waals surface area (Å²) < 4.78 is 6.45. The zero-order valence-corrected chi connectivity index (χ0v) is 4.01. The lowest BCUT2D eigenvalue weighted by Crippen LogP contribution is -1.66. The first-order valence-corrected chi connectivity index (χ1v) is 2.79. The second kappa shape index (κ2) is 3.74. The molecule has 0 aromatic carbocycles. The van der Waals surface area contributed by atoms with Gasteiger partial charge in [0, 0.05) is 5.49 Å². The predicted molar refractivity (Wildman–Crippen MR) is 26.4 cm³/mol. The van der Waals surface area contributed by atoms with Crippen LogP contribution in [0, 0.1) is 0 Å². The Morgan fingerprint density at radius 2 is 3.25 bits per heavy atom. The summed E-state index contributed by atoms with van der Waals surface area (Å²) in [6, 6.07) is 0. The Morgan fingerprint density at radius 3 is 3.25 bits per heavy atom. The summed E-state index contributed by atoms with van der Waals surface area (Å²) in [5, 5.41) is 0. The third-order valence-corrected chi connectivity index (χ3v) is 0.750. The Balaban J connectivity index is 2.19. The van der Waals surface area contributed by atoms with Gasteiger partial charge in [-0.05, 0) is 8.73 Å². The fraction of sp³-hybridized carbons (Fsp3) is 1.00. The van der Waals surface area contributed by atoms with E-state index >= 15 is 0 Å². The maximum absolute atomic E-state index is 6.45. The summed E-state index contributed by atoms with van der Waals surface area (Å²) in [6.07, 6.45) is 0. The fourth-order valence-electron chi connectivity index (χ4n) is 0. The molecule has 1 atom stereocenters. The van der Waals surface area contributed by atoms with E-state index in [4.69, 9.17) is 6.63 Å². The molecule has 0 heterocycles. The Morgan fingerprint density at radius 1 is 2.50 bits per heavy atom.